The molecule has 0 unspecified atom stereocenters. The Morgan fingerprint density at radius 1 is 1.04 bits per heavy atom. The predicted molar refractivity (Wildman–Crippen MR) is 96.4 cm³/mol. The highest BCUT2D eigenvalue weighted by molar-refractivity contribution is 5.66. The second kappa shape index (κ2) is 7.96. The number of nitrogens with zero attached hydrogens (tertiary/aromatic N) is 3. The Morgan fingerprint density at radius 3 is 2.72 bits per heavy atom. The van der Waals surface area contributed by atoms with Gasteiger partial charge in [0.2, 0.25) is 5.95 Å². The molecule has 0 aliphatic heterocycles. The molecule has 2 aromatic heterocycles. The Balaban J connectivity index is 1.71. The summed E-state index contributed by atoms with van der Waals surface area (Å²) in [5, 5.41) is 6.41. The average molecular weight is 337 g/mol. The first-order valence-corrected chi connectivity index (χ1v) is 7.73. The van der Waals surface area contributed by atoms with E-state index in [1.807, 2.05) is 30.3 Å². The molecule has 0 saturated carbocycles. The van der Waals surface area contributed by atoms with Crippen molar-refractivity contribution in [3.63, 3.8) is 0 Å². The maximum Gasteiger partial charge on any atom is 0.224 e. The molecule has 2 heterocycles. The lowest BCUT2D eigenvalue weighted by atomic mass is 10.2. The van der Waals surface area contributed by atoms with Gasteiger partial charge < -0.3 is 20.1 Å². The van der Waals surface area contributed by atoms with Crippen LogP contribution < -0.4 is 20.1 Å². The van der Waals surface area contributed by atoms with Crippen molar-refractivity contribution in [1.82, 2.24) is 15.0 Å². The summed E-state index contributed by atoms with van der Waals surface area (Å²) in [6.07, 6.45) is 5.24. The van der Waals surface area contributed by atoms with Crippen LogP contribution in [0.4, 0.5) is 17.5 Å². The zero-order valence-electron chi connectivity index (χ0n) is 14.1. The number of ether oxygens (including phenoxy) is 2. The third-order valence-electron chi connectivity index (χ3n) is 3.50. The van der Waals surface area contributed by atoms with Gasteiger partial charge in [0.1, 0.15) is 17.3 Å². The van der Waals surface area contributed by atoms with E-state index in [-0.39, 0.29) is 0 Å². The Bertz CT molecular complexity index is 827. The van der Waals surface area contributed by atoms with Crippen molar-refractivity contribution in [3.05, 3.63) is 60.6 Å². The van der Waals surface area contributed by atoms with Gasteiger partial charge in [-0.3, -0.25) is 4.98 Å². The SMILES string of the molecule is COc1ccc(Nc2ccnc(NCc3cccnc3)n2)c(OC)c1. The molecule has 0 atom stereocenters. The summed E-state index contributed by atoms with van der Waals surface area (Å²) < 4.78 is 10.6. The summed E-state index contributed by atoms with van der Waals surface area (Å²) in [5.74, 6) is 2.58. The molecule has 128 valence electrons. The molecule has 0 aliphatic rings. The standard InChI is InChI=1S/C18H19N5O2/c1-24-14-5-6-15(16(10-14)25-2)22-17-7-9-20-18(23-17)21-12-13-4-3-8-19-11-13/h3-11H,12H2,1-2H3,(H2,20,21,22,23). The van der Waals surface area contributed by atoms with Gasteiger partial charge >= 0.3 is 0 Å². The van der Waals surface area contributed by atoms with Crippen LogP contribution in [0.5, 0.6) is 11.5 Å². The first-order chi connectivity index (χ1) is 12.3. The number of rotatable bonds is 7. The van der Waals surface area contributed by atoms with Crippen LogP contribution >= 0.6 is 0 Å². The molecule has 0 radical (unpaired) electrons. The largest absolute Gasteiger partial charge is 0.497 e. The maximum atomic E-state index is 5.39. The van der Waals surface area contributed by atoms with Crippen molar-refractivity contribution in [2.45, 2.75) is 6.54 Å². The van der Waals surface area contributed by atoms with Crippen molar-refractivity contribution >= 4 is 17.5 Å². The first-order valence-electron chi connectivity index (χ1n) is 7.73. The quantitative estimate of drug-likeness (QED) is 0.685. The highest BCUT2D eigenvalue weighted by atomic mass is 16.5. The number of anilines is 3. The van der Waals surface area contributed by atoms with Gasteiger partial charge in [-0.1, -0.05) is 6.07 Å². The molecule has 0 bridgehead atoms. The number of methoxy groups -OCH3 is 2. The molecular formula is C18H19N5O2. The third-order valence-corrected chi connectivity index (χ3v) is 3.50. The van der Waals surface area contributed by atoms with E-state index < -0.39 is 0 Å². The Labute approximate surface area is 146 Å². The molecular weight excluding hydrogens is 318 g/mol. The second-order valence-electron chi connectivity index (χ2n) is 5.17. The van der Waals surface area contributed by atoms with Gasteiger partial charge in [0, 0.05) is 31.2 Å². The summed E-state index contributed by atoms with van der Waals surface area (Å²) in [7, 11) is 3.23. The normalized spacial score (nSPS) is 10.2. The van der Waals surface area contributed by atoms with Gasteiger partial charge in [-0.15, -0.1) is 0 Å². The molecule has 0 aliphatic carbocycles. The van der Waals surface area contributed by atoms with Crippen LogP contribution in [0.25, 0.3) is 0 Å². The van der Waals surface area contributed by atoms with Crippen LogP contribution in [-0.4, -0.2) is 29.2 Å². The summed E-state index contributed by atoms with van der Waals surface area (Å²) in [6.45, 7) is 0.600. The molecule has 3 rings (SSSR count). The highest BCUT2D eigenvalue weighted by Gasteiger charge is 2.07. The summed E-state index contributed by atoms with van der Waals surface area (Å²) >= 11 is 0. The fraction of sp³-hybridized carbons (Fsp3) is 0.167. The lowest BCUT2D eigenvalue weighted by molar-refractivity contribution is 0.395. The molecule has 0 saturated heterocycles. The van der Waals surface area contributed by atoms with Crippen LogP contribution in [0.3, 0.4) is 0 Å². The fourth-order valence-corrected chi connectivity index (χ4v) is 2.24. The van der Waals surface area contributed by atoms with Gasteiger partial charge in [0.15, 0.2) is 0 Å². The van der Waals surface area contributed by atoms with Gasteiger partial charge in [0.25, 0.3) is 0 Å². The van der Waals surface area contributed by atoms with Crippen LogP contribution in [0.2, 0.25) is 0 Å². The Kier molecular flexibility index (Phi) is 5.26. The van der Waals surface area contributed by atoms with Crippen LogP contribution in [0.15, 0.2) is 55.0 Å². The lowest BCUT2D eigenvalue weighted by Gasteiger charge is -2.12. The Morgan fingerprint density at radius 2 is 1.96 bits per heavy atom. The van der Waals surface area contributed by atoms with Crippen molar-refractivity contribution in [2.24, 2.45) is 0 Å². The number of aromatic nitrogens is 3. The van der Waals surface area contributed by atoms with E-state index in [0.717, 1.165) is 17.0 Å². The number of nitrogens with one attached hydrogen (secondary N) is 2. The third kappa shape index (κ3) is 4.35. The van der Waals surface area contributed by atoms with E-state index in [0.29, 0.717) is 24.1 Å². The predicted octanol–water partition coefficient (Wildman–Crippen LogP) is 3.24. The van der Waals surface area contributed by atoms with Gasteiger partial charge in [-0.05, 0) is 29.8 Å². The smallest absolute Gasteiger partial charge is 0.224 e. The highest BCUT2D eigenvalue weighted by Crippen LogP contribution is 2.31. The molecule has 1 aromatic carbocycles. The molecule has 7 heteroatoms. The van der Waals surface area contributed by atoms with Crippen LogP contribution in [-0.2, 0) is 6.54 Å². The minimum absolute atomic E-state index is 0.529. The molecule has 0 spiro atoms. The van der Waals surface area contributed by atoms with Crippen molar-refractivity contribution in [2.75, 3.05) is 24.9 Å². The zero-order chi connectivity index (χ0) is 17.5. The van der Waals surface area contributed by atoms with Gasteiger partial charge in [-0.2, -0.15) is 4.98 Å². The number of pyridine rings is 1. The van der Waals surface area contributed by atoms with E-state index in [1.165, 1.54) is 0 Å². The topological polar surface area (TPSA) is 81.2 Å². The fourth-order valence-electron chi connectivity index (χ4n) is 2.24. The van der Waals surface area contributed by atoms with Gasteiger partial charge in [0.05, 0.1) is 19.9 Å². The second-order valence-corrected chi connectivity index (χ2v) is 5.17. The number of benzene rings is 1. The van der Waals surface area contributed by atoms with Crippen molar-refractivity contribution < 1.29 is 9.47 Å². The summed E-state index contributed by atoms with van der Waals surface area (Å²) in [5.41, 5.74) is 1.85. The van der Waals surface area contributed by atoms with Crippen molar-refractivity contribution in [1.29, 1.82) is 0 Å². The summed E-state index contributed by atoms with van der Waals surface area (Å²) in [4.78, 5) is 12.8. The van der Waals surface area contributed by atoms with E-state index in [1.54, 1.807) is 38.9 Å². The minimum Gasteiger partial charge on any atom is -0.497 e. The van der Waals surface area contributed by atoms with Crippen molar-refractivity contribution in [3.8, 4) is 11.5 Å². The maximum absolute atomic E-state index is 5.39. The molecule has 2 N–H and O–H groups in total. The van der Waals surface area contributed by atoms with Crippen LogP contribution in [0, 0.1) is 0 Å². The molecule has 0 fully saturated rings. The van der Waals surface area contributed by atoms with Crippen LogP contribution in [0.1, 0.15) is 5.56 Å². The average Bonchev–Trinajstić information content (AvgIpc) is 2.68. The zero-order valence-corrected chi connectivity index (χ0v) is 14.1. The minimum atomic E-state index is 0.529. The first kappa shape index (κ1) is 16.5. The molecule has 7 nitrogen and oxygen atoms in total. The Hall–Kier alpha value is -3.35. The van der Waals surface area contributed by atoms with E-state index in [4.69, 9.17) is 9.47 Å². The van der Waals surface area contributed by atoms with E-state index in [9.17, 15) is 0 Å². The number of hydrogen-bond donors (Lipinski definition) is 2. The monoisotopic (exact) mass is 337 g/mol. The lowest BCUT2D eigenvalue weighted by Crippen LogP contribution is -2.05. The molecule has 0 amide bonds. The van der Waals surface area contributed by atoms with E-state index >= 15 is 0 Å². The number of hydrogen-bond acceptors (Lipinski definition) is 7. The van der Waals surface area contributed by atoms with Gasteiger partial charge in [-0.25, -0.2) is 4.98 Å². The molecule has 3 aromatic rings. The summed E-state index contributed by atoms with van der Waals surface area (Å²) in [6, 6.07) is 11.2. The molecule has 25 heavy (non-hydrogen) atoms. The van der Waals surface area contributed by atoms with E-state index in [2.05, 4.69) is 25.6 Å².